The number of aliphatic carboxylic acids is 1. The Kier molecular flexibility index (Phi) is 4.51. The number of carboxylic acids is 1. The lowest BCUT2D eigenvalue weighted by Gasteiger charge is -2.37. The molecule has 1 aliphatic carbocycles. The average molecular weight is 362 g/mol. The van der Waals surface area contributed by atoms with Crippen LogP contribution in [0.4, 0.5) is 0 Å². The monoisotopic (exact) mass is 362 g/mol. The molecule has 0 amide bonds. The number of fused-ring (bicyclic) bond motifs is 1. The predicted octanol–water partition coefficient (Wildman–Crippen LogP) is 5.59. The van der Waals surface area contributed by atoms with Gasteiger partial charge in [-0.2, -0.15) is 0 Å². The zero-order valence-corrected chi connectivity index (χ0v) is 16.5. The fraction of sp³-hybridized carbons (Fsp3) is 0.292. The van der Waals surface area contributed by atoms with Gasteiger partial charge in [-0.1, -0.05) is 52.0 Å². The first-order valence-corrected chi connectivity index (χ1v) is 9.12. The molecule has 3 rings (SSSR count). The van der Waals surface area contributed by atoms with Crippen LogP contribution >= 0.6 is 0 Å². The first-order valence-electron chi connectivity index (χ1n) is 9.12. The van der Waals surface area contributed by atoms with Gasteiger partial charge < -0.3 is 10.2 Å². The summed E-state index contributed by atoms with van der Waals surface area (Å²) in [5.41, 5.74) is 5.93. The number of hydrogen-bond donors (Lipinski definition) is 2. The lowest BCUT2D eigenvalue weighted by Crippen LogP contribution is -2.29. The summed E-state index contributed by atoms with van der Waals surface area (Å²) >= 11 is 0. The van der Waals surface area contributed by atoms with E-state index >= 15 is 0 Å². The number of rotatable bonds is 3. The van der Waals surface area contributed by atoms with Crippen molar-refractivity contribution in [3.8, 4) is 16.9 Å². The molecule has 0 aliphatic heterocycles. The second-order valence-electron chi connectivity index (χ2n) is 8.44. The van der Waals surface area contributed by atoms with Crippen molar-refractivity contribution < 1.29 is 15.0 Å². The zero-order valence-electron chi connectivity index (χ0n) is 16.5. The smallest absolute Gasteiger partial charge is 0.328 e. The molecule has 3 heteroatoms. The number of phenols is 1. The number of hydrogen-bond acceptors (Lipinski definition) is 2. The van der Waals surface area contributed by atoms with Crippen molar-refractivity contribution in [1.82, 2.24) is 0 Å². The van der Waals surface area contributed by atoms with E-state index in [9.17, 15) is 9.90 Å². The highest BCUT2D eigenvalue weighted by Gasteiger charge is 2.33. The number of carbonyl (C=O) groups is 1. The minimum atomic E-state index is -0.995. The van der Waals surface area contributed by atoms with Gasteiger partial charge in [0, 0.05) is 22.5 Å². The molecule has 0 bridgehead atoms. The molecule has 1 aliphatic rings. The highest BCUT2D eigenvalue weighted by Crippen LogP contribution is 2.44. The number of benzene rings is 2. The van der Waals surface area contributed by atoms with Gasteiger partial charge in [0.05, 0.1) is 0 Å². The van der Waals surface area contributed by atoms with Gasteiger partial charge in [-0.25, -0.2) is 4.79 Å². The molecule has 2 aromatic rings. The van der Waals surface area contributed by atoms with E-state index in [1.54, 1.807) is 12.1 Å². The Balaban J connectivity index is 2.20. The van der Waals surface area contributed by atoms with E-state index in [1.807, 2.05) is 6.07 Å². The van der Waals surface area contributed by atoms with Crippen molar-refractivity contribution in [3.63, 3.8) is 0 Å². The standard InChI is InChI=1S/C24H26O3/c1-15-12-19-20(24(4,5)11-10-23(19,2)3)14-17(15)18-13-16(6-8-21(18)25)7-9-22(26)27/h6-14,25H,1-5H3,(H,26,27). The second kappa shape index (κ2) is 6.41. The van der Waals surface area contributed by atoms with Crippen LogP contribution < -0.4 is 0 Å². The largest absolute Gasteiger partial charge is 0.507 e. The maximum atomic E-state index is 10.8. The third-order valence-corrected chi connectivity index (χ3v) is 5.40. The molecule has 0 heterocycles. The Hall–Kier alpha value is -2.81. The molecule has 0 radical (unpaired) electrons. The van der Waals surface area contributed by atoms with Crippen LogP contribution in [0, 0.1) is 6.92 Å². The van der Waals surface area contributed by atoms with Crippen LogP contribution in [0.15, 0.2) is 48.6 Å². The van der Waals surface area contributed by atoms with Gasteiger partial charge in [0.1, 0.15) is 5.75 Å². The van der Waals surface area contributed by atoms with Gasteiger partial charge in [0.15, 0.2) is 0 Å². The van der Waals surface area contributed by atoms with Crippen LogP contribution in [0.3, 0.4) is 0 Å². The van der Waals surface area contributed by atoms with Crippen LogP contribution in [-0.4, -0.2) is 16.2 Å². The SMILES string of the molecule is Cc1cc2c(cc1-c1cc(C=CC(=O)O)ccc1O)C(C)(C)C=CC2(C)C. The van der Waals surface area contributed by atoms with Crippen LogP contribution in [0.5, 0.6) is 5.75 Å². The molecule has 0 spiro atoms. The summed E-state index contributed by atoms with van der Waals surface area (Å²) in [5, 5.41) is 19.3. The molecule has 140 valence electrons. The molecule has 0 unspecified atom stereocenters. The van der Waals surface area contributed by atoms with E-state index in [2.05, 4.69) is 58.9 Å². The molecule has 2 aromatic carbocycles. The third kappa shape index (κ3) is 3.55. The minimum Gasteiger partial charge on any atom is -0.507 e. The third-order valence-electron chi connectivity index (χ3n) is 5.40. The molecule has 2 N–H and O–H groups in total. The maximum absolute atomic E-state index is 10.8. The Morgan fingerprint density at radius 3 is 2.11 bits per heavy atom. The van der Waals surface area contributed by atoms with Crippen molar-refractivity contribution in [2.24, 2.45) is 0 Å². The fourth-order valence-corrected chi connectivity index (χ4v) is 3.70. The molecule has 27 heavy (non-hydrogen) atoms. The van der Waals surface area contributed by atoms with E-state index < -0.39 is 5.97 Å². The number of allylic oxidation sites excluding steroid dienone is 2. The summed E-state index contributed by atoms with van der Waals surface area (Å²) in [6.07, 6.45) is 7.16. The minimum absolute atomic E-state index is 0.0394. The summed E-state index contributed by atoms with van der Waals surface area (Å²) in [6.45, 7) is 10.9. The summed E-state index contributed by atoms with van der Waals surface area (Å²) < 4.78 is 0. The summed E-state index contributed by atoms with van der Waals surface area (Å²) in [5.74, 6) is -0.806. The molecule has 3 nitrogen and oxygen atoms in total. The molecular formula is C24H26O3. The Labute approximate surface area is 160 Å². The highest BCUT2D eigenvalue weighted by atomic mass is 16.4. The van der Waals surface area contributed by atoms with E-state index in [4.69, 9.17) is 5.11 Å². The first kappa shape index (κ1) is 19.0. The molecular weight excluding hydrogens is 336 g/mol. The second-order valence-corrected chi connectivity index (χ2v) is 8.44. The molecule has 0 fully saturated rings. The van der Waals surface area contributed by atoms with Crippen molar-refractivity contribution >= 4 is 12.0 Å². The van der Waals surface area contributed by atoms with Gasteiger partial charge in [0.25, 0.3) is 0 Å². The number of carboxylic acid groups (broad SMARTS) is 1. The number of aryl methyl sites for hydroxylation is 1. The van der Waals surface area contributed by atoms with Gasteiger partial charge in [0.2, 0.25) is 0 Å². The fourth-order valence-electron chi connectivity index (χ4n) is 3.70. The van der Waals surface area contributed by atoms with E-state index in [1.165, 1.54) is 17.2 Å². The van der Waals surface area contributed by atoms with E-state index in [-0.39, 0.29) is 16.6 Å². The average Bonchev–Trinajstić information content (AvgIpc) is 2.58. The van der Waals surface area contributed by atoms with Gasteiger partial charge in [-0.3, -0.25) is 0 Å². The molecule has 0 saturated carbocycles. The van der Waals surface area contributed by atoms with Gasteiger partial charge in [-0.05, 0) is 59.0 Å². The summed E-state index contributed by atoms with van der Waals surface area (Å²) in [6, 6.07) is 9.55. The lowest BCUT2D eigenvalue weighted by molar-refractivity contribution is -0.131. The van der Waals surface area contributed by atoms with Crippen molar-refractivity contribution in [3.05, 3.63) is 70.8 Å². The Morgan fingerprint density at radius 2 is 1.52 bits per heavy atom. The number of aromatic hydroxyl groups is 1. The van der Waals surface area contributed by atoms with Crippen molar-refractivity contribution in [1.29, 1.82) is 0 Å². The van der Waals surface area contributed by atoms with Crippen molar-refractivity contribution in [2.75, 3.05) is 0 Å². The van der Waals surface area contributed by atoms with Crippen LogP contribution in [0.2, 0.25) is 0 Å². The van der Waals surface area contributed by atoms with E-state index in [0.717, 1.165) is 22.8 Å². The number of phenolic OH excluding ortho intramolecular Hbond substituents is 1. The summed E-state index contributed by atoms with van der Waals surface area (Å²) in [7, 11) is 0. The van der Waals surface area contributed by atoms with E-state index in [0.29, 0.717) is 5.56 Å². The molecule has 0 aromatic heterocycles. The molecule has 0 atom stereocenters. The Morgan fingerprint density at radius 1 is 0.926 bits per heavy atom. The highest BCUT2D eigenvalue weighted by molar-refractivity contribution is 5.86. The van der Waals surface area contributed by atoms with Crippen LogP contribution in [0.1, 0.15) is 49.9 Å². The normalized spacial score (nSPS) is 17.1. The quantitative estimate of drug-likeness (QED) is 0.553. The zero-order chi connectivity index (χ0) is 20.0. The summed E-state index contributed by atoms with van der Waals surface area (Å²) in [4.78, 5) is 10.8. The lowest BCUT2D eigenvalue weighted by atomic mass is 9.67. The topological polar surface area (TPSA) is 57.5 Å². The molecule has 0 saturated heterocycles. The van der Waals surface area contributed by atoms with Crippen molar-refractivity contribution in [2.45, 2.75) is 45.4 Å². The maximum Gasteiger partial charge on any atom is 0.328 e. The Bertz CT molecular complexity index is 975. The first-order chi connectivity index (χ1) is 12.5. The van der Waals surface area contributed by atoms with Crippen LogP contribution in [0.25, 0.3) is 17.2 Å². The predicted molar refractivity (Wildman–Crippen MR) is 110 cm³/mol. The van der Waals surface area contributed by atoms with Gasteiger partial charge in [-0.15, -0.1) is 0 Å². The van der Waals surface area contributed by atoms with Gasteiger partial charge >= 0.3 is 5.97 Å². The van der Waals surface area contributed by atoms with Crippen LogP contribution in [-0.2, 0) is 15.6 Å².